The van der Waals surface area contributed by atoms with E-state index < -0.39 is 12.1 Å². The van der Waals surface area contributed by atoms with Crippen molar-refractivity contribution in [2.24, 2.45) is 0 Å². The molecule has 2 aliphatic heterocycles. The number of fused-ring (bicyclic) bond motifs is 1. The fraction of sp³-hybridized carbons (Fsp3) is 0.474. The number of aliphatic hydroxyl groups is 1. The number of rotatable bonds is 8. The monoisotopic (exact) mass is 440 g/mol. The van der Waals surface area contributed by atoms with Gasteiger partial charge in [0, 0.05) is 7.05 Å². The van der Waals surface area contributed by atoms with E-state index in [1.54, 1.807) is 19.5 Å². The molecule has 0 spiro atoms. The molecule has 3 amide bonds. The minimum atomic E-state index is -0.743. The van der Waals surface area contributed by atoms with Crippen LogP contribution in [0.2, 0.25) is 0 Å². The van der Waals surface area contributed by atoms with Crippen molar-refractivity contribution in [2.75, 3.05) is 33.7 Å². The molecular formula is C19H27ClN5O5+. The van der Waals surface area contributed by atoms with Crippen molar-refractivity contribution in [3.05, 3.63) is 23.8 Å². The van der Waals surface area contributed by atoms with Crippen molar-refractivity contribution in [3.63, 3.8) is 0 Å². The van der Waals surface area contributed by atoms with Crippen LogP contribution in [0.15, 0.2) is 18.2 Å². The SMILES string of the molecule is CN1C(=O)C2C(=[N+]=CN2CCCC[NH2+]CC(O)c2ccc(O)c(O)c2)N(C)C1=O.[Cl-]. The topological polar surface area (TPSA) is 135 Å². The Balaban J connectivity index is 0.00000320. The maximum atomic E-state index is 12.4. The van der Waals surface area contributed by atoms with Gasteiger partial charge in [-0.05, 0) is 30.5 Å². The first-order valence-electron chi connectivity index (χ1n) is 9.55. The van der Waals surface area contributed by atoms with Crippen LogP contribution in [-0.4, -0.2) is 93.9 Å². The van der Waals surface area contributed by atoms with Gasteiger partial charge < -0.3 is 33.0 Å². The van der Waals surface area contributed by atoms with Crippen molar-refractivity contribution in [1.82, 2.24) is 19.4 Å². The summed E-state index contributed by atoms with van der Waals surface area (Å²) in [6.07, 6.45) is 2.58. The van der Waals surface area contributed by atoms with Crippen LogP contribution in [0.4, 0.5) is 4.79 Å². The molecule has 3 rings (SSSR count). The highest BCUT2D eigenvalue weighted by Gasteiger charge is 2.52. The summed E-state index contributed by atoms with van der Waals surface area (Å²) in [5.74, 6) is -0.272. The van der Waals surface area contributed by atoms with E-state index in [1.165, 1.54) is 24.1 Å². The second-order valence-electron chi connectivity index (χ2n) is 7.27. The Morgan fingerprint density at radius 3 is 2.57 bits per heavy atom. The number of nitrogens with two attached hydrogens (primary N) is 1. The van der Waals surface area contributed by atoms with Gasteiger partial charge in [0.1, 0.15) is 12.6 Å². The Morgan fingerprint density at radius 2 is 1.87 bits per heavy atom. The third kappa shape index (κ3) is 4.68. The molecule has 11 heteroatoms. The predicted octanol–water partition coefficient (Wildman–Crippen LogP) is -4.82. The summed E-state index contributed by atoms with van der Waals surface area (Å²) in [4.78, 5) is 28.8. The minimum absolute atomic E-state index is 0. The van der Waals surface area contributed by atoms with E-state index in [9.17, 15) is 24.9 Å². The van der Waals surface area contributed by atoms with Gasteiger partial charge in [0.05, 0.1) is 20.1 Å². The number of urea groups is 1. The van der Waals surface area contributed by atoms with E-state index in [1.807, 2.05) is 10.2 Å². The number of phenols is 2. The van der Waals surface area contributed by atoms with E-state index in [2.05, 4.69) is 4.67 Å². The minimum Gasteiger partial charge on any atom is -1.00 e. The largest absolute Gasteiger partial charge is 1.00 e. The number of phenolic OH excluding ortho intramolecular Hbond substituents is 2. The molecule has 1 saturated heterocycles. The molecule has 5 N–H and O–H groups in total. The Hall–Kier alpha value is -2.78. The van der Waals surface area contributed by atoms with E-state index in [0.717, 1.165) is 24.3 Å². The number of carbonyl (C=O) groups excluding carboxylic acids is 2. The molecule has 2 unspecified atom stereocenters. The molecule has 2 heterocycles. The molecule has 0 saturated carbocycles. The van der Waals surface area contributed by atoms with Crippen LogP contribution in [-0.2, 0) is 4.79 Å². The molecular weight excluding hydrogens is 414 g/mol. The molecule has 2 aliphatic rings. The van der Waals surface area contributed by atoms with Crippen molar-refractivity contribution >= 4 is 24.1 Å². The van der Waals surface area contributed by atoms with Crippen LogP contribution in [0, 0.1) is 0 Å². The number of benzene rings is 1. The van der Waals surface area contributed by atoms with Gasteiger partial charge in [0.2, 0.25) is 0 Å². The lowest BCUT2D eigenvalue weighted by molar-refractivity contribution is -0.662. The van der Waals surface area contributed by atoms with Gasteiger partial charge in [-0.25, -0.2) is 9.46 Å². The van der Waals surface area contributed by atoms with Crippen LogP contribution in [0.1, 0.15) is 24.5 Å². The molecule has 164 valence electrons. The summed E-state index contributed by atoms with van der Waals surface area (Å²) in [5.41, 5.74) is 0.548. The lowest BCUT2D eigenvalue weighted by Crippen LogP contribution is -3.00. The number of aromatic hydroxyl groups is 2. The van der Waals surface area contributed by atoms with Crippen molar-refractivity contribution in [2.45, 2.75) is 25.0 Å². The molecule has 0 radical (unpaired) electrons. The lowest BCUT2D eigenvalue weighted by Gasteiger charge is -2.30. The van der Waals surface area contributed by atoms with Crippen LogP contribution in [0.5, 0.6) is 11.5 Å². The highest BCUT2D eigenvalue weighted by atomic mass is 35.5. The fourth-order valence-corrected chi connectivity index (χ4v) is 3.47. The summed E-state index contributed by atoms with van der Waals surface area (Å²) >= 11 is 0. The number of nitrogens with zero attached hydrogens (tertiary/aromatic N) is 4. The number of quaternary nitrogens is 1. The Bertz CT molecular complexity index is 873. The first-order chi connectivity index (χ1) is 13.8. The predicted molar refractivity (Wildman–Crippen MR) is 105 cm³/mol. The summed E-state index contributed by atoms with van der Waals surface area (Å²) in [6.45, 7) is 1.87. The van der Waals surface area contributed by atoms with E-state index in [4.69, 9.17) is 0 Å². The summed E-state index contributed by atoms with van der Waals surface area (Å²) in [5, 5.41) is 31.0. The van der Waals surface area contributed by atoms with Gasteiger partial charge >= 0.3 is 11.9 Å². The zero-order valence-electron chi connectivity index (χ0n) is 16.9. The number of imide groups is 1. The van der Waals surface area contributed by atoms with Gasteiger partial charge in [0.15, 0.2) is 11.5 Å². The van der Waals surface area contributed by atoms with E-state index in [0.29, 0.717) is 24.5 Å². The van der Waals surface area contributed by atoms with Crippen LogP contribution in [0.25, 0.3) is 0 Å². The zero-order valence-corrected chi connectivity index (χ0v) is 17.7. The third-order valence-corrected chi connectivity index (χ3v) is 5.25. The average molecular weight is 441 g/mol. The van der Waals surface area contributed by atoms with Crippen molar-refractivity contribution < 1.29 is 42.6 Å². The molecule has 1 aromatic rings. The first-order valence-corrected chi connectivity index (χ1v) is 9.55. The maximum absolute atomic E-state index is 12.4. The zero-order chi connectivity index (χ0) is 21.1. The molecule has 0 aliphatic carbocycles. The molecule has 2 atom stereocenters. The smallest absolute Gasteiger partial charge is 0.389 e. The second-order valence-corrected chi connectivity index (χ2v) is 7.27. The number of halogens is 1. The summed E-state index contributed by atoms with van der Waals surface area (Å²) < 4.78 is 4.24. The normalized spacial score (nSPS) is 19.0. The van der Waals surface area contributed by atoms with E-state index >= 15 is 0 Å². The molecule has 1 aromatic carbocycles. The third-order valence-electron chi connectivity index (χ3n) is 5.25. The van der Waals surface area contributed by atoms with Gasteiger partial charge in [0.25, 0.3) is 18.3 Å². The Labute approximate surface area is 180 Å². The number of unbranched alkanes of at least 4 members (excludes halogenated alkanes) is 1. The number of amides is 3. The van der Waals surface area contributed by atoms with Crippen LogP contribution < -0.4 is 22.4 Å². The molecule has 1 fully saturated rings. The van der Waals surface area contributed by atoms with Crippen LogP contribution in [0.3, 0.4) is 0 Å². The molecule has 0 aromatic heterocycles. The quantitative estimate of drug-likeness (QED) is 0.182. The lowest BCUT2D eigenvalue weighted by atomic mass is 10.1. The van der Waals surface area contributed by atoms with Crippen LogP contribution >= 0.6 is 0 Å². The number of carbonyl (C=O) groups is 2. The highest BCUT2D eigenvalue weighted by Crippen LogP contribution is 2.27. The first kappa shape index (κ1) is 23.5. The number of likely N-dealkylation sites (N-methyl/N-ethyl adjacent to an activating group) is 2. The number of aliphatic hydroxyl groups excluding tert-OH is 1. The average Bonchev–Trinajstić information content (AvgIpc) is 3.13. The van der Waals surface area contributed by atoms with Gasteiger partial charge in [-0.2, -0.15) is 4.90 Å². The van der Waals surface area contributed by atoms with Crippen molar-refractivity contribution in [3.8, 4) is 11.5 Å². The Morgan fingerprint density at radius 1 is 1.13 bits per heavy atom. The van der Waals surface area contributed by atoms with Gasteiger partial charge in [-0.1, -0.05) is 6.07 Å². The fourth-order valence-electron chi connectivity index (χ4n) is 3.47. The highest BCUT2D eigenvalue weighted by molar-refractivity contribution is 6.22. The molecule has 0 bridgehead atoms. The second kappa shape index (κ2) is 9.82. The van der Waals surface area contributed by atoms with Crippen molar-refractivity contribution in [1.29, 1.82) is 0 Å². The van der Waals surface area contributed by atoms with Gasteiger partial charge in [-0.15, -0.1) is 0 Å². The Kier molecular flexibility index (Phi) is 7.69. The van der Waals surface area contributed by atoms with Gasteiger partial charge in [-0.3, -0.25) is 14.6 Å². The number of amidine groups is 1. The molecule has 30 heavy (non-hydrogen) atoms. The molecule has 10 nitrogen and oxygen atoms in total. The number of hydrogen-bond donors (Lipinski definition) is 4. The number of hydrogen-bond acceptors (Lipinski definition) is 6. The standard InChI is InChI=1S/C19H25N5O5.ClH/c1-22-17-16(18(28)23(2)19(22)29)24(11-21-17)8-4-3-7-20-10-15(27)12-5-6-13(25)14(26)9-12;/h5-6,9,11,15-16,20,27H,3-4,7-8,10H2,1-2H3,(H-,25,26);1H/p+1. The van der Waals surface area contributed by atoms with E-state index in [-0.39, 0.29) is 35.8 Å². The summed E-state index contributed by atoms with van der Waals surface area (Å²) in [6, 6.07) is 3.36. The maximum Gasteiger partial charge on any atom is 0.389 e. The summed E-state index contributed by atoms with van der Waals surface area (Å²) in [7, 11) is 3.09.